The summed E-state index contributed by atoms with van der Waals surface area (Å²) in [6.45, 7) is 5.90. The van der Waals surface area contributed by atoms with Crippen molar-refractivity contribution in [1.82, 2.24) is 0 Å². The molecule has 0 aliphatic rings. The van der Waals surface area contributed by atoms with E-state index in [9.17, 15) is 8.78 Å². The van der Waals surface area contributed by atoms with E-state index in [-0.39, 0.29) is 16.9 Å². The zero-order valence-electron chi connectivity index (χ0n) is 9.90. The molecule has 0 amide bonds. The average molecular weight is 228 g/mol. The largest absolute Gasteiger partial charge is 0.397 e. The Labute approximate surface area is 94.8 Å². The first-order chi connectivity index (χ1) is 7.37. The van der Waals surface area contributed by atoms with Crippen molar-refractivity contribution in [2.75, 3.05) is 11.1 Å². The van der Waals surface area contributed by atoms with Crippen molar-refractivity contribution < 1.29 is 8.78 Å². The van der Waals surface area contributed by atoms with E-state index in [2.05, 4.69) is 5.32 Å². The van der Waals surface area contributed by atoms with Gasteiger partial charge in [0.2, 0.25) is 0 Å². The van der Waals surface area contributed by atoms with Crippen LogP contribution in [0.3, 0.4) is 0 Å². The van der Waals surface area contributed by atoms with Crippen LogP contribution in [0.5, 0.6) is 0 Å². The molecule has 3 N–H and O–H groups in total. The second-order valence-corrected chi connectivity index (χ2v) is 4.58. The summed E-state index contributed by atoms with van der Waals surface area (Å²) in [4.78, 5) is 0. The van der Waals surface area contributed by atoms with E-state index in [1.807, 2.05) is 20.8 Å². The number of anilines is 2. The van der Waals surface area contributed by atoms with E-state index in [4.69, 9.17) is 5.73 Å². The molecular weight excluding hydrogens is 210 g/mol. The summed E-state index contributed by atoms with van der Waals surface area (Å²) < 4.78 is 26.6. The van der Waals surface area contributed by atoms with Gasteiger partial charge in [-0.25, -0.2) is 8.78 Å². The van der Waals surface area contributed by atoms with Crippen LogP contribution in [0.15, 0.2) is 12.1 Å². The highest BCUT2D eigenvalue weighted by molar-refractivity contribution is 5.67. The molecule has 0 unspecified atom stereocenters. The van der Waals surface area contributed by atoms with E-state index >= 15 is 0 Å². The van der Waals surface area contributed by atoms with Crippen LogP contribution in [-0.4, -0.2) is 5.54 Å². The fourth-order valence-electron chi connectivity index (χ4n) is 1.72. The first-order valence-corrected chi connectivity index (χ1v) is 5.39. The normalized spacial score (nSPS) is 11.6. The Bertz CT molecular complexity index is 376. The van der Waals surface area contributed by atoms with E-state index in [1.165, 1.54) is 6.07 Å². The fraction of sp³-hybridized carbons (Fsp3) is 0.500. The molecule has 90 valence electrons. The number of hydrogen-bond acceptors (Lipinski definition) is 2. The standard InChI is InChI=1S/C12H18F2N2/c1-4-7-12(2,3)16-11-9(15)6-5-8(13)10(11)14/h5-6,16H,4,7,15H2,1-3H3. The van der Waals surface area contributed by atoms with E-state index in [1.54, 1.807) is 0 Å². The molecule has 4 heteroatoms. The van der Waals surface area contributed by atoms with Crippen molar-refractivity contribution in [2.45, 2.75) is 39.2 Å². The van der Waals surface area contributed by atoms with Gasteiger partial charge in [0, 0.05) is 5.54 Å². The van der Waals surface area contributed by atoms with E-state index in [0.29, 0.717) is 0 Å². The molecular formula is C12H18F2N2. The number of rotatable bonds is 4. The summed E-state index contributed by atoms with van der Waals surface area (Å²) >= 11 is 0. The van der Waals surface area contributed by atoms with Gasteiger partial charge in [0.15, 0.2) is 11.6 Å². The Kier molecular flexibility index (Phi) is 3.73. The molecule has 2 nitrogen and oxygen atoms in total. The molecule has 0 atom stereocenters. The monoisotopic (exact) mass is 228 g/mol. The molecule has 0 bridgehead atoms. The van der Waals surface area contributed by atoms with Crippen molar-refractivity contribution in [2.24, 2.45) is 0 Å². The van der Waals surface area contributed by atoms with Gasteiger partial charge in [0.05, 0.1) is 11.4 Å². The minimum absolute atomic E-state index is 0.0541. The highest BCUT2D eigenvalue weighted by Gasteiger charge is 2.21. The summed E-state index contributed by atoms with van der Waals surface area (Å²) in [6.07, 6.45) is 1.80. The number of halogens is 2. The molecule has 0 spiro atoms. The molecule has 0 radical (unpaired) electrons. The van der Waals surface area contributed by atoms with Crippen LogP contribution >= 0.6 is 0 Å². The molecule has 0 aliphatic carbocycles. The van der Waals surface area contributed by atoms with E-state index in [0.717, 1.165) is 18.9 Å². The van der Waals surface area contributed by atoms with Gasteiger partial charge in [-0.2, -0.15) is 0 Å². The molecule has 0 fully saturated rings. The Morgan fingerprint density at radius 2 is 1.94 bits per heavy atom. The summed E-state index contributed by atoms with van der Waals surface area (Å²) in [5.41, 5.74) is 5.60. The van der Waals surface area contributed by atoms with Crippen molar-refractivity contribution in [1.29, 1.82) is 0 Å². The lowest BCUT2D eigenvalue weighted by atomic mass is 9.98. The zero-order chi connectivity index (χ0) is 12.3. The molecule has 0 heterocycles. The van der Waals surface area contributed by atoms with Crippen molar-refractivity contribution in [3.8, 4) is 0 Å². The van der Waals surface area contributed by atoms with Crippen LogP contribution in [-0.2, 0) is 0 Å². The van der Waals surface area contributed by atoms with Gasteiger partial charge in [0.1, 0.15) is 0 Å². The maximum absolute atomic E-state index is 13.5. The van der Waals surface area contributed by atoms with Crippen LogP contribution in [0.2, 0.25) is 0 Å². The minimum Gasteiger partial charge on any atom is -0.397 e. The predicted octanol–water partition coefficient (Wildman–Crippen LogP) is 3.54. The first kappa shape index (κ1) is 12.7. The molecule has 1 rings (SSSR count). The zero-order valence-corrected chi connectivity index (χ0v) is 9.90. The SMILES string of the molecule is CCCC(C)(C)Nc1c(N)ccc(F)c1F. The number of nitrogen functional groups attached to an aromatic ring is 1. The lowest BCUT2D eigenvalue weighted by molar-refractivity contribution is 0.487. The van der Waals surface area contributed by atoms with Gasteiger partial charge < -0.3 is 11.1 Å². The summed E-state index contributed by atoms with van der Waals surface area (Å²) in [5.74, 6) is -1.80. The fourth-order valence-corrected chi connectivity index (χ4v) is 1.72. The van der Waals surface area contributed by atoms with Gasteiger partial charge in [-0.05, 0) is 32.4 Å². The lowest BCUT2D eigenvalue weighted by Crippen LogP contribution is -2.31. The smallest absolute Gasteiger partial charge is 0.183 e. The average Bonchev–Trinajstić information content (AvgIpc) is 2.19. The van der Waals surface area contributed by atoms with Crippen molar-refractivity contribution >= 4 is 11.4 Å². The maximum atomic E-state index is 13.5. The number of nitrogens with two attached hydrogens (primary N) is 1. The Morgan fingerprint density at radius 1 is 1.31 bits per heavy atom. The van der Waals surface area contributed by atoms with Gasteiger partial charge >= 0.3 is 0 Å². The second-order valence-electron chi connectivity index (χ2n) is 4.58. The maximum Gasteiger partial charge on any atom is 0.183 e. The highest BCUT2D eigenvalue weighted by atomic mass is 19.2. The predicted molar refractivity (Wildman–Crippen MR) is 63.4 cm³/mol. The Hall–Kier alpha value is -1.32. The van der Waals surface area contributed by atoms with Gasteiger partial charge in [-0.3, -0.25) is 0 Å². The second kappa shape index (κ2) is 4.68. The Morgan fingerprint density at radius 3 is 2.50 bits per heavy atom. The molecule has 0 saturated carbocycles. The Balaban J connectivity index is 3.01. The number of nitrogens with one attached hydrogen (secondary N) is 1. The first-order valence-electron chi connectivity index (χ1n) is 5.39. The van der Waals surface area contributed by atoms with Crippen LogP contribution in [0.1, 0.15) is 33.6 Å². The molecule has 0 aromatic heterocycles. The van der Waals surface area contributed by atoms with Gasteiger partial charge in [0.25, 0.3) is 0 Å². The van der Waals surface area contributed by atoms with Crippen LogP contribution in [0.4, 0.5) is 20.2 Å². The molecule has 1 aromatic rings. The van der Waals surface area contributed by atoms with Crippen LogP contribution < -0.4 is 11.1 Å². The van der Waals surface area contributed by atoms with Crippen molar-refractivity contribution in [3.05, 3.63) is 23.8 Å². The lowest BCUT2D eigenvalue weighted by Gasteiger charge is -2.28. The van der Waals surface area contributed by atoms with E-state index < -0.39 is 11.6 Å². The third kappa shape index (κ3) is 2.84. The quantitative estimate of drug-likeness (QED) is 0.773. The minimum atomic E-state index is -0.913. The third-order valence-corrected chi connectivity index (χ3v) is 2.47. The van der Waals surface area contributed by atoms with Crippen LogP contribution in [0.25, 0.3) is 0 Å². The molecule has 1 aromatic carbocycles. The number of hydrogen-bond donors (Lipinski definition) is 2. The summed E-state index contributed by atoms with van der Waals surface area (Å²) in [6, 6.07) is 2.39. The number of benzene rings is 1. The molecule has 0 aliphatic heterocycles. The topological polar surface area (TPSA) is 38.0 Å². The third-order valence-electron chi connectivity index (χ3n) is 2.47. The van der Waals surface area contributed by atoms with Gasteiger partial charge in [-0.15, -0.1) is 0 Å². The molecule has 16 heavy (non-hydrogen) atoms. The van der Waals surface area contributed by atoms with Gasteiger partial charge in [-0.1, -0.05) is 13.3 Å². The van der Waals surface area contributed by atoms with Crippen LogP contribution in [0, 0.1) is 11.6 Å². The highest BCUT2D eigenvalue weighted by Crippen LogP contribution is 2.28. The summed E-state index contributed by atoms with van der Waals surface area (Å²) in [5, 5.41) is 2.96. The molecule has 0 saturated heterocycles. The van der Waals surface area contributed by atoms with Crippen molar-refractivity contribution in [3.63, 3.8) is 0 Å². The summed E-state index contributed by atoms with van der Waals surface area (Å²) in [7, 11) is 0.